The van der Waals surface area contributed by atoms with Crippen LogP contribution in [-0.2, 0) is 17.6 Å². The van der Waals surface area contributed by atoms with Crippen LogP contribution in [0.3, 0.4) is 0 Å². The van der Waals surface area contributed by atoms with Crippen molar-refractivity contribution in [2.45, 2.75) is 31.7 Å². The predicted molar refractivity (Wildman–Crippen MR) is 89.2 cm³/mol. The summed E-state index contributed by atoms with van der Waals surface area (Å²) in [5, 5.41) is 3.76. The Labute approximate surface area is 133 Å². The minimum atomic E-state index is -0.161. The van der Waals surface area contributed by atoms with Crippen LogP contribution in [0.25, 0.3) is 0 Å². The number of fused-ring (bicyclic) bond motifs is 1. The number of amides is 1. The molecule has 0 aromatic carbocycles. The van der Waals surface area contributed by atoms with E-state index in [4.69, 9.17) is 0 Å². The van der Waals surface area contributed by atoms with Gasteiger partial charge in [-0.15, -0.1) is 11.3 Å². The van der Waals surface area contributed by atoms with E-state index in [0.717, 1.165) is 30.1 Å². The molecule has 1 aliphatic rings. The first-order valence-electron chi connectivity index (χ1n) is 7.19. The van der Waals surface area contributed by atoms with Gasteiger partial charge < -0.3 is 9.88 Å². The molecular formula is C15H19N3OS2. The zero-order valence-electron chi connectivity index (χ0n) is 12.0. The minimum absolute atomic E-state index is 0.0349. The lowest BCUT2D eigenvalue weighted by Crippen LogP contribution is -2.25. The first-order valence-corrected chi connectivity index (χ1v) is 9.40. The maximum atomic E-state index is 12.6. The normalized spacial score (nSPS) is 14.9. The number of carbonyl (C=O) groups excluding carboxylic acids is 1. The smallest absolute Gasteiger partial charge is 0.249 e. The van der Waals surface area contributed by atoms with Gasteiger partial charge in [-0.25, -0.2) is 4.98 Å². The maximum absolute atomic E-state index is 12.6. The number of thioether (sulfide) groups is 1. The van der Waals surface area contributed by atoms with E-state index in [1.807, 2.05) is 29.1 Å². The summed E-state index contributed by atoms with van der Waals surface area (Å²) in [4.78, 5) is 18.5. The van der Waals surface area contributed by atoms with Crippen LogP contribution in [-0.4, -0.2) is 27.5 Å². The van der Waals surface area contributed by atoms with E-state index >= 15 is 0 Å². The lowest BCUT2D eigenvalue weighted by atomic mass is 10.2. The first-order chi connectivity index (χ1) is 10.3. The Bertz CT molecular complexity index is 585. The fourth-order valence-electron chi connectivity index (χ4n) is 2.63. The summed E-state index contributed by atoms with van der Waals surface area (Å²) in [6, 6.07) is 3.75. The lowest BCUT2D eigenvalue weighted by Gasteiger charge is -2.17. The Morgan fingerprint density at radius 2 is 2.29 bits per heavy atom. The lowest BCUT2D eigenvalue weighted by molar-refractivity contribution is -0.119. The van der Waals surface area contributed by atoms with Gasteiger partial charge in [0.05, 0.1) is 5.69 Å². The highest BCUT2D eigenvalue weighted by molar-refractivity contribution is 7.98. The molecule has 1 atom stereocenters. The molecule has 112 valence electrons. The summed E-state index contributed by atoms with van der Waals surface area (Å²) in [6.45, 7) is 0. The molecule has 3 rings (SSSR count). The maximum Gasteiger partial charge on any atom is 0.249 e. The van der Waals surface area contributed by atoms with E-state index < -0.39 is 0 Å². The highest BCUT2D eigenvalue weighted by Gasteiger charge is 2.22. The molecule has 0 bridgehead atoms. The van der Waals surface area contributed by atoms with Crippen LogP contribution in [0.15, 0.2) is 24.5 Å². The molecule has 0 radical (unpaired) electrons. The van der Waals surface area contributed by atoms with Gasteiger partial charge in [-0.05, 0) is 49.8 Å². The van der Waals surface area contributed by atoms with Crippen molar-refractivity contribution in [1.29, 1.82) is 0 Å². The second-order valence-corrected chi connectivity index (χ2v) is 7.23. The van der Waals surface area contributed by atoms with Gasteiger partial charge >= 0.3 is 0 Å². The minimum Gasteiger partial charge on any atom is -0.342 e. The van der Waals surface area contributed by atoms with Gasteiger partial charge in [0, 0.05) is 17.3 Å². The number of anilines is 1. The van der Waals surface area contributed by atoms with Crippen molar-refractivity contribution < 1.29 is 4.79 Å². The summed E-state index contributed by atoms with van der Waals surface area (Å²) < 4.78 is 1.98. The molecule has 0 aliphatic heterocycles. The standard InChI is InChI=1S/C15H19N3OS2/c1-20-10-7-12(18-8-2-3-9-18)14(19)17-15-16-11-5-4-6-13(11)21-15/h2-3,8-9,12H,4-7,10H2,1H3,(H,16,17,19)/t12-/m1/s1. The summed E-state index contributed by atoms with van der Waals surface area (Å²) in [6.07, 6.45) is 10.1. The molecular weight excluding hydrogens is 302 g/mol. The van der Waals surface area contributed by atoms with Crippen LogP contribution in [0, 0.1) is 0 Å². The van der Waals surface area contributed by atoms with E-state index in [0.29, 0.717) is 0 Å². The van der Waals surface area contributed by atoms with Crippen LogP contribution in [0.4, 0.5) is 5.13 Å². The van der Waals surface area contributed by atoms with Crippen molar-refractivity contribution in [2.75, 3.05) is 17.3 Å². The number of carbonyl (C=O) groups is 1. The third-order valence-electron chi connectivity index (χ3n) is 3.71. The number of aryl methyl sites for hydroxylation is 2. The quantitative estimate of drug-likeness (QED) is 0.887. The Hall–Kier alpha value is -1.27. The van der Waals surface area contributed by atoms with E-state index in [1.165, 1.54) is 17.0 Å². The van der Waals surface area contributed by atoms with Crippen molar-refractivity contribution in [3.8, 4) is 0 Å². The Kier molecular flexibility index (Phi) is 4.65. The fourth-order valence-corrected chi connectivity index (χ4v) is 4.14. The van der Waals surface area contributed by atoms with Gasteiger partial charge in [0.2, 0.25) is 5.91 Å². The average Bonchev–Trinajstić information content (AvgIpc) is 3.15. The van der Waals surface area contributed by atoms with Gasteiger partial charge in [0.15, 0.2) is 5.13 Å². The van der Waals surface area contributed by atoms with Crippen molar-refractivity contribution in [3.05, 3.63) is 35.1 Å². The van der Waals surface area contributed by atoms with E-state index in [2.05, 4.69) is 16.6 Å². The number of hydrogen-bond donors (Lipinski definition) is 1. The van der Waals surface area contributed by atoms with Gasteiger partial charge in [-0.2, -0.15) is 11.8 Å². The molecule has 0 spiro atoms. The van der Waals surface area contributed by atoms with Crippen LogP contribution in [0.1, 0.15) is 29.5 Å². The fraction of sp³-hybridized carbons (Fsp3) is 0.467. The van der Waals surface area contributed by atoms with Gasteiger partial charge in [-0.1, -0.05) is 0 Å². The van der Waals surface area contributed by atoms with Gasteiger partial charge in [0.25, 0.3) is 0 Å². The molecule has 0 saturated heterocycles. The predicted octanol–water partition coefficient (Wildman–Crippen LogP) is 3.37. The zero-order valence-corrected chi connectivity index (χ0v) is 13.7. The highest BCUT2D eigenvalue weighted by atomic mass is 32.2. The largest absolute Gasteiger partial charge is 0.342 e. The Balaban J connectivity index is 1.71. The molecule has 1 amide bonds. The van der Waals surface area contributed by atoms with Crippen molar-refractivity contribution >= 4 is 34.1 Å². The summed E-state index contributed by atoms with van der Waals surface area (Å²) in [5.74, 6) is 0.998. The third kappa shape index (κ3) is 3.32. The van der Waals surface area contributed by atoms with Crippen LogP contribution < -0.4 is 5.32 Å². The molecule has 4 nitrogen and oxygen atoms in total. The second-order valence-electron chi connectivity index (χ2n) is 5.16. The molecule has 2 heterocycles. The molecule has 1 N–H and O–H groups in total. The Morgan fingerprint density at radius 1 is 1.48 bits per heavy atom. The first kappa shape index (κ1) is 14.7. The molecule has 2 aromatic rings. The second kappa shape index (κ2) is 6.66. The van der Waals surface area contributed by atoms with Gasteiger partial charge in [-0.3, -0.25) is 4.79 Å². The zero-order chi connectivity index (χ0) is 14.7. The summed E-state index contributed by atoms with van der Waals surface area (Å²) in [5.41, 5.74) is 1.18. The van der Waals surface area contributed by atoms with E-state index in [1.54, 1.807) is 23.1 Å². The number of nitrogens with one attached hydrogen (secondary N) is 1. The molecule has 0 saturated carbocycles. The summed E-state index contributed by atoms with van der Waals surface area (Å²) in [7, 11) is 0. The van der Waals surface area contributed by atoms with Crippen LogP contribution >= 0.6 is 23.1 Å². The molecule has 2 aromatic heterocycles. The molecule has 21 heavy (non-hydrogen) atoms. The third-order valence-corrected chi connectivity index (χ3v) is 5.43. The number of hydrogen-bond acceptors (Lipinski definition) is 4. The van der Waals surface area contributed by atoms with Crippen molar-refractivity contribution in [3.63, 3.8) is 0 Å². The van der Waals surface area contributed by atoms with E-state index in [-0.39, 0.29) is 11.9 Å². The van der Waals surface area contributed by atoms with E-state index in [9.17, 15) is 4.79 Å². The number of nitrogens with zero attached hydrogens (tertiary/aromatic N) is 2. The highest BCUT2D eigenvalue weighted by Crippen LogP contribution is 2.31. The topological polar surface area (TPSA) is 46.9 Å². The molecule has 0 fully saturated rings. The molecule has 1 aliphatic carbocycles. The van der Waals surface area contributed by atoms with Gasteiger partial charge in [0.1, 0.15) is 6.04 Å². The number of aromatic nitrogens is 2. The molecule has 6 heteroatoms. The SMILES string of the molecule is CSCC[C@H](C(=O)Nc1nc2c(s1)CCC2)n1cccc1. The van der Waals surface area contributed by atoms with Crippen molar-refractivity contribution in [2.24, 2.45) is 0 Å². The molecule has 0 unspecified atom stereocenters. The van der Waals surface area contributed by atoms with Crippen molar-refractivity contribution in [1.82, 2.24) is 9.55 Å². The monoisotopic (exact) mass is 321 g/mol. The summed E-state index contributed by atoms with van der Waals surface area (Å²) >= 11 is 3.40. The van der Waals surface area contributed by atoms with Crippen LogP contribution in [0.2, 0.25) is 0 Å². The number of thiazole rings is 1. The van der Waals surface area contributed by atoms with Crippen LogP contribution in [0.5, 0.6) is 0 Å². The number of rotatable bonds is 6. The Morgan fingerprint density at radius 3 is 3.00 bits per heavy atom. The average molecular weight is 321 g/mol.